The summed E-state index contributed by atoms with van der Waals surface area (Å²) in [4.78, 5) is 16.5. The Morgan fingerprint density at radius 2 is 1.84 bits per heavy atom. The van der Waals surface area contributed by atoms with Crippen molar-refractivity contribution >= 4 is 16.9 Å². The molecule has 0 amide bonds. The monoisotopic (exact) mass is 333 g/mol. The van der Waals surface area contributed by atoms with E-state index in [4.69, 9.17) is 4.98 Å². The number of carboxylic acids is 1. The van der Waals surface area contributed by atoms with Crippen molar-refractivity contribution in [2.45, 2.75) is 40.0 Å². The van der Waals surface area contributed by atoms with Gasteiger partial charge in [-0.25, -0.2) is 9.78 Å². The first kappa shape index (κ1) is 17.2. The van der Waals surface area contributed by atoms with Crippen molar-refractivity contribution in [1.82, 2.24) is 4.98 Å². The van der Waals surface area contributed by atoms with Crippen LogP contribution in [0, 0.1) is 13.8 Å². The summed E-state index contributed by atoms with van der Waals surface area (Å²) in [6, 6.07) is 13.8. The van der Waals surface area contributed by atoms with Gasteiger partial charge in [0.25, 0.3) is 0 Å². The number of aryl methyl sites for hydroxylation is 3. The number of nitrogens with zero attached hydrogens (tertiary/aromatic N) is 1. The smallest absolute Gasteiger partial charge is 0.336 e. The van der Waals surface area contributed by atoms with E-state index in [-0.39, 0.29) is 0 Å². The van der Waals surface area contributed by atoms with Crippen molar-refractivity contribution in [1.29, 1.82) is 0 Å². The normalized spacial score (nSPS) is 11.0. The van der Waals surface area contributed by atoms with Crippen molar-refractivity contribution in [2.24, 2.45) is 0 Å². The highest BCUT2D eigenvalue weighted by atomic mass is 16.4. The van der Waals surface area contributed by atoms with E-state index in [1.54, 1.807) is 6.07 Å². The zero-order valence-electron chi connectivity index (χ0n) is 15.0. The predicted molar refractivity (Wildman–Crippen MR) is 102 cm³/mol. The molecule has 0 saturated heterocycles. The molecule has 0 saturated carbocycles. The number of pyridine rings is 1. The summed E-state index contributed by atoms with van der Waals surface area (Å²) in [6.45, 7) is 6.27. The molecule has 128 valence electrons. The molecule has 3 nitrogen and oxygen atoms in total. The van der Waals surface area contributed by atoms with Crippen LogP contribution in [0.25, 0.3) is 22.2 Å². The summed E-state index contributed by atoms with van der Waals surface area (Å²) >= 11 is 0. The number of benzene rings is 2. The standard InChI is InChI=1S/C22H23NO2/c1-4-5-6-16-8-10-20-18(12-16)19(22(24)25)13-21(23-20)17-9-7-14(2)15(3)11-17/h7-13H,4-6H2,1-3H3,(H,24,25). The lowest BCUT2D eigenvalue weighted by molar-refractivity contribution is 0.0699. The molecule has 3 heteroatoms. The summed E-state index contributed by atoms with van der Waals surface area (Å²) in [5.74, 6) is -0.912. The van der Waals surface area contributed by atoms with Crippen LogP contribution in [0.2, 0.25) is 0 Å². The molecule has 1 N–H and O–H groups in total. The molecule has 0 unspecified atom stereocenters. The Morgan fingerprint density at radius 3 is 2.52 bits per heavy atom. The van der Waals surface area contributed by atoms with Gasteiger partial charge in [0.1, 0.15) is 0 Å². The summed E-state index contributed by atoms with van der Waals surface area (Å²) in [7, 11) is 0. The first-order valence-electron chi connectivity index (χ1n) is 8.74. The van der Waals surface area contributed by atoms with Gasteiger partial charge < -0.3 is 5.11 Å². The lowest BCUT2D eigenvalue weighted by Gasteiger charge is -2.10. The average molecular weight is 333 g/mol. The van der Waals surface area contributed by atoms with Crippen LogP contribution in [0.4, 0.5) is 0 Å². The van der Waals surface area contributed by atoms with E-state index in [2.05, 4.69) is 32.9 Å². The Labute approximate surface area is 148 Å². The van der Waals surface area contributed by atoms with Crippen LogP contribution in [-0.2, 0) is 6.42 Å². The molecule has 1 aromatic heterocycles. The second kappa shape index (κ2) is 7.06. The largest absolute Gasteiger partial charge is 0.478 e. The molecule has 0 radical (unpaired) electrons. The van der Waals surface area contributed by atoms with Crippen LogP contribution in [0.5, 0.6) is 0 Å². The number of hydrogen-bond acceptors (Lipinski definition) is 2. The maximum absolute atomic E-state index is 11.8. The minimum atomic E-state index is -0.912. The van der Waals surface area contributed by atoms with Crippen molar-refractivity contribution in [3.63, 3.8) is 0 Å². The van der Waals surface area contributed by atoms with Crippen LogP contribution in [0.15, 0.2) is 42.5 Å². The van der Waals surface area contributed by atoms with Crippen LogP contribution < -0.4 is 0 Å². The molecule has 0 atom stereocenters. The molecule has 0 fully saturated rings. The van der Waals surface area contributed by atoms with E-state index in [9.17, 15) is 9.90 Å². The Kier molecular flexibility index (Phi) is 4.84. The number of carbonyl (C=O) groups is 1. The molecule has 0 bridgehead atoms. The fraction of sp³-hybridized carbons (Fsp3) is 0.273. The van der Waals surface area contributed by atoms with Crippen molar-refractivity contribution < 1.29 is 9.90 Å². The van der Waals surface area contributed by atoms with Crippen LogP contribution in [0.1, 0.15) is 46.8 Å². The predicted octanol–water partition coefficient (Wildman–Crippen LogP) is 5.56. The molecule has 25 heavy (non-hydrogen) atoms. The summed E-state index contributed by atoms with van der Waals surface area (Å²) < 4.78 is 0. The summed E-state index contributed by atoms with van der Waals surface area (Å²) in [5.41, 5.74) is 6.24. The third-order valence-corrected chi connectivity index (χ3v) is 4.73. The molecule has 3 rings (SSSR count). The second-order valence-electron chi connectivity index (χ2n) is 6.61. The number of unbranched alkanes of at least 4 members (excludes halogenated alkanes) is 1. The second-order valence-corrected chi connectivity index (χ2v) is 6.61. The maximum Gasteiger partial charge on any atom is 0.336 e. The molecular weight excluding hydrogens is 310 g/mol. The minimum absolute atomic E-state index is 0.316. The molecule has 3 aromatic rings. The van der Waals surface area contributed by atoms with E-state index < -0.39 is 5.97 Å². The van der Waals surface area contributed by atoms with Gasteiger partial charge in [-0.15, -0.1) is 0 Å². The molecule has 0 aliphatic rings. The third-order valence-electron chi connectivity index (χ3n) is 4.73. The van der Waals surface area contributed by atoms with Crippen molar-refractivity contribution in [2.75, 3.05) is 0 Å². The average Bonchev–Trinajstić information content (AvgIpc) is 2.61. The quantitative estimate of drug-likeness (QED) is 0.665. The van der Waals surface area contributed by atoms with Gasteiger partial charge in [-0.1, -0.05) is 31.5 Å². The highest BCUT2D eigenvalue weighted by molar-refractivity contribution is 6.04. The highest BCUT2D eigenvalue weighted by Gasteiger charge is 2.14. The third kappa shape index (κ3) is 3.55. The zero-order chi connectivity index (χ0) is 18.0. The van der Waals surface area contributed by atoms with Crippen LogP contribution in [0.3, 0.4) is 0 Å². The van der Waals surface area contributed by atoms with Gasteiger partial charge in [-0.3, -0.25) is 0 Å². The highest BCUT2D eigenvalue weighted by Crippen LogP contribution is 2.27. The Morgan fingerprint density at radius 1 is 1.04 bits per heavy atom. The summed E-state index contributed by atoms with van der Waals surface area (Å²) in [6.07, 6.45) is 3.18. The van der Waals surface area contributed by atoms with Gasteiger partial charge in [0, 0.05) is 10.9 Å². The number of hydrogen-bond donors (Lipinski definition) is 1. The van der Waals surface area contributed by atoms with Gasteiger partial charge in [0.2, 0.25) is 0 Å². The molecule has 1 heterocycles. The van der Waals surface area contributed by atoms with E-state index >= 15 is 0 Å². The van der Waals surface area contributed by atoms with Gasteiger partial charge >= 0.3 is 5.97 Å². The summed E-state index contributed by atoms with van der Waals surface area (Å²) in [5, 5.41) is 10.4. The Balaban J connectivity index is 2.16. The number of rotatable bonds is 5. The molecule has 2 aromatic carbocycles. The SMILES string of the molecule is CCCCc1ccc2nc(-c3ccc(C)c(C)c3)cc(C(=O)O)c2c1. The van der Waals surface area contributed by atoms with Gasteiger partial charge in [0.15, 0.2) is 0 Å². The Bertz CT molecular complexity index is 944. The van der Waals surface area contributed by atoms with Gasteiger partial charge in [-0.2, -0.15) is 0 Å². The topological polar surface area (TPSA) is 50.2 Å². The minimum Gasteiger partial charge on any atom is -0.478 e. The van der Waals surface area contributed by atoms with E-state index in [1.807, 2.05) is 24.3 Å². The van der Waals surface area contributed by atoms with E-state index in [1.165, 1.54) is 11.1 Å². The fourth-order valence-electron chi connectivity index (χ4n) is 3.03. The van der Waals surface area contributed by atoms with E-state index in [0.717, 1.165) is 35.9 Å². The van der Waals surface area contributed by atoms with Crippen molar-refractivity contribution in [3.05, 3.63) is 64.7 Å². The molecule has 0 aliphatic carbocycles. The number of aromatic carboxylic acids is 1. The molecular formula is C22H23NO2. The number of fused-ring (bicyclic) bond motifs is 1. The van der Waals surface area contributed by atoms with Crippen LogP contribution >= 0.6 is 0 Å². The van der Waals surface area contributed by atoms with Crippen LogP contribution in [-0.4, -0.2) is 16.1 Å². The lowest BCUT2D eigenvalue weighted by atomic mass is 9.99. The first-order valence-corrected chi connectivity index (χ1v) is 8.74. The van der Waals surface area contributed by atoms with E-state index in [0.29, 0.717) is 16.6 Å². The molecule has 0 aliphatic heterocycles. The lowest BCUT2D eigenvalue weighted by Crippen LogP contribution is -2.01. The first-order chi connectivity index (χ1) is 12.0. The Hall–Kier alpha value is -2.68. The van der Waals surface area contributed by atoms with Gasteiger partial charge in [0.05, 0.1) is 16.8 Å². The molecule has 0 spiro atoms. The number of carboxylic acid groups (broad SMARTS) is 1. The van der Waals surface area contributed by atoms with Crippen molar-refractivity contribution in [3.8, 4) is 11.3 Å². The van der Waals surface area contributed by atoms with Gasteiger partial charge in [-0.05, 0) is 67.6 Å². The fourth-order valence-corrected chi connectivity index (χ4v) is 3.03. The zero-order valence-corrected chi connectivity index (χ0v) is 15.0. The number of aromatic nitrogens is 1. The maximum atomic E-state index is 11.8.